The first kappa shape index (κ1) is 18.6. The third kappa shape index (κ3) is 3.08. The zero-order chi connectivity index (χ0) is 21.0. The smallest absolute Gasteiger partial charge is 0.416 e. The molecule has 1 aromatic carbocycles. The van der Waals surface area contributed by atoms with E-state index in [2.05, 4.69) is 20.3 Å². The predicted octanol–water partition coefficient (Wildman–Crippen LogP) is 3.91. The molecule has 1 aliphatic rings. The van der Waals surface area contributed by atoms with Crippen LogP contribution in [0, 0.1) is 6.92 Å². The van der Waals surface area contributed by atoms with E-state index in [1.54, 1.807) is 12.4 Å². The van der Waals surface area contributed by atoms with Crippen LogP contribution in [0.15, 0.2) is 36.8 Å². The van der Waals surface area contributed by atoms with E-state index in [1.165, 1.54) is 6.92 Å². The van der Waals surface area contributed by atoms with E-state index in [-0.39, 0.29) is 11.6 Å². The molecule has 0 fully saturated rings. The van der Waals surface area contributed by atoms with Gasteiger partial charge in [-0.05, 0) is 43.2 Å². The molecule has 154 valence electrons. The summed E-state index contributed by atoms with van der Waals surface area (Å²) in [6, 6.07) is 5.36. The molecule has 0 spiro atoms. The Morgan fingerprint density at radius 1 is 1.20 bits per heavy atom. The Bertz CT molecular complexity index is 1240. The number of halogens is 3. The molecule has 3 aromatic heterocycles. The third-order valence-corrected chi connectivity index (χ3v) is 5.46. The SMILES string of the molecule is Cc1cc(C(F)(F)F)cc(O)c1-c1ccc2cn(C3CCc4nncn4C3)nc2n1. The van der Waals surface area contributed by atoms with Crippen LogP contribution in [-0.2, 0) is 19.1 Å². The van der Waals surface area contributed by atoms with Crippen LogP contribution in [0.25, 0.3) is 22.3 Å². The van der Waals surface area contributed by atoms with E-state index in [9.17, 15) is 18.3 Å². The number of hydrogen-bond acceptors (Lipinski definition) is 5. The Morgan fingerprint density at radius 3 is 2.80 bits per heavy atom. The number of phenolic OH excluding ortho intramolecular Hbond substituents is 1. The highest BCUT2D eigenvalue weighted by atomic mass is 19.4. The number of phenols is 1. The van der Waals surface area contributed by atoms with E-state index in [0.29, 0.717) is 23.4 Å². The van der Waals surface area contributed by atoms with Gasteiger partial charge in [0, 0.05) is 30.1 Å². The van der Waals surface area contributed by atoms with Crippen LogP contribution in [0.2, 0.25) is 0 Å². The van der Waals surface area contributed by atoms with Crippen molar-refractivity contribution in [2.24, 2.45) is 0 Å². The minimum Gasteiger partial charge on any atom is -0.507 e. The second-order valence-corrected chi connectivity index (χ2v) is 7.50. The van der Waals surface area contributed by atoms with Crippen LogP contribution in [0.5, 0.6) is 5.75 Å². The molecule has 4 aromatic rings. The molecule has 4 heterocycles. The zero-order valence-electron chi connectivity index (χ0n) is 15.9. The second kappa shape index (κ2) is 6.54. The van der Waals surface area contributed by atoms with Crippen LogP contribution in [-0.4, -0.2) is 34.6 Å². The van der Waals surface area contributed by atoms with Crippen molar-refractivity contribution < 1.29 is 18.3 Å². The minimum absolute atomic E-state index is 0.132. The van der Waals surface area contributed by atoms with Gasteiger partial charge in [0.15, 0.2) is 5.65 Å². The molecular weight excluding hydrogens is 397 g/mol. The maximum atomic E-state index is 13.0. The summed E-state index contributed by atoms with van der Waals surface area (Å²) >= 11 is 0. The summed E-state index contributed by atoms with van der Waals surface area (Å²) in [4.78, 5) is 4.50. The van der Waals surface area contributed by atoms with Crippen molar-refractivity contribution in [1.82, 2.24) is 29.5 Å². The molecule has 0 amide bonds. The lowest BCUT2D eigenvalue weighted by Gasteiger charge is -2.23. The van der Waals surface area contributed by atoms with E-state index < -0.39 is 17.5 Å². The summed E-state index contributed by atoms with van der Waals surface area (Å²) < 4.78 is 42.8. The number of hydrogen-bond donors (Lipinski definition) is 1. The van der Waals surface area contributed by atoms with Crippen LogP contribution in [0.1, 0.15) is 29.4 Å². The molecule has 0 saturated heterocycles. The van der Waals surface area contributed by atoms with Gasteiger partial charge >= 0.3 is 6.18 Å². The number of aromatic nitrogens is 6. The molecule has 0 saturated carbocycles. The number of aromatic hydroxyl groups is 1. The highest BCUT2D eigenvalue weighted by molar-refractivity contribution is 5.80. The fourth-order valence-corrected chi connectivity index (χ4v) is 3.97. The highest BCUT2D eigenvalue weighted by Gasteiger charge is 2.32. The van der Waals surface area contributed by atoms with Gasteiger partial charge in [-0.3, -0.25) is 4.68 Å². The van der Waals surface area contributed by atoms with Gasteiger partial charge in [-0.15, -0.1) is 10.2 Å². The number of rotatable bonds is 2. The molecule has 1 N–H and O–H groups in total. The number of nitrogens with zero attached hydrogens (tertiary/aromatic N) is 6. The van der Waals surface area contributed by atoms with Crippen LogP contribution < -0.4 is 0 Å². The largest absolute Gasteiger partial charge is 0.507 e. The van der Waals surface area contributed by atoms with E-state index in [4.69, 9.17) is 0 Å². The Morgan fingerprint density at radius 2 is 2.03 bits per heavy atom. The first-order valence-electron chi connectivity index (χ1n) is 9.43. The van der Waals surface area contributed by atoms with Crippen molar-refractivity contribution in [3.63, 3.8) is 0 Å². The molecule has 1 aliphatic heterocycles. The third-order valence-electron chi connectivity index (χ3n) is 5.46. The summed E-state index contributed by atoms with van der Waals surface area (Å²) in [7, 11) is 0. The topological polar surface area (TPSA) is 81.6 Å². The fourth-order valence-electron chi connectivity index (χ4n) is 3.97. The van der Waals surface area contributed by atoms with Gasteiger partial charge in [0.1, 0.15) is 17.9 Å². The predicted molar refractivity (Wildman–Crippen MR) is 102 cm³/mol. The molecule has 30 heavy (non-hydrogen) atoms. The Hall–Kier alpha value is -3.43. The maximum absolute atomic E-state index is 13.0. The number of pyridine rings is 1. The quantitative estimate of drug-likeness (QED) is 0.538. The number of benzene rings is 1. The van der Waals surface area contributed by atoms with E-state index >= 15 is 0 Å². The Balaban J connectivity index is 1.51. The van der Waals surface area contributed by atoms with Gasteiger partial charge < -0.3 is 9.67 Å². The lowest BCUT2D eigenvalue weighted by molar-refractivity contribution is -0.137. The summed E-state index contributed by atoms with van der Waals surface area (Å²) in [5.74, 6) is 0.498. The average Bonchev–Trinajstić information content (AvgIpc) is 3.32. The molecule has 0 aliphatic carbocycles. The van der Waals surface area contributed by atoms with Crippen molar-refractivity contribution in [3.8, 4) is 17.0 Å². The van der Waals surface area contributed by atoms with Gasteiger partial charge in [-0.1, -0.05) is 0 Å². The van der Waals surface area contributed by atoms with Gasteiger partial charge in [0.05, 0.1) is 17.3 Å². The van der Waals surface area contributed by atoms with Gasteiger partial charge in [0.25, 0.3) is 0 Å². The van der Waals surface area contributed by atoms with Crippen molar-refractivity contribution >= 4 is 11.0 Å². The van der Waals surface area contributed by atoms with Gasteiger partial charge in [0.2, 0.25) is 0 Å². The minimum atomic E-state index is -4.53. The standard InChI is InChI=1S/C20H17F3N6O/c1-11-6-13(20(21,22)23)7-16(30)18(11)15-4-2-12-8-29(27-19(12)25-15)14-3-5-17-26-24-10-28(17)9-14/h2,4,6-8,10,14,30H,3,5,9H2,1H3. The molecule has 0 bridgehead atoms. The highest BCUT2D eigenvalue weighted by Crippen LogP contribution is 2.38. The molecule has 10 heteroatoms. The summed E-state index contributed by atoms with van der Waals surface area (Å²) in [6.07, 6.45) is 0.765. The molecule has 5 rings (SSSR count). The first-order valence-corrected chi connectivity index (χ1v) is 9.43. The number of fused-ring (bicyclic) bond motifs is 2. The Labute approximate surface area is 168 Å². The molecule has 1 unspecified atom stereocenters. The van der Waals surface area contributed by atoms with Crippen molar-refractivity contribution in [3.05, 3.63) is 53.7 Å². The number of aryl methyl sites for hydroxylation is 2. The van der Waals surface area contributed by atoms with Gasteiger partial charge in [-0.2, -0.15) is 18.3 Å². The average molecular weight is 414 g/mol. The van der Waals surface area contributed by atoms with E-state index in [1.807, 2.05) is 21.5 Å². The van der Waals surface area contributed by atoms with Crippen LogP contribution in [0.3, 0.4) is 0 Å². The summed E-state index contributed by atoms with van der Waals surface area (Å²) in [5, 5.41) is 23.7. The second-order valence-electron chi connectivity index (χ2n) is 7.50. The number of alkyl halides is 3. The molecule has 7 nitrogen and oxygen atoms in total. The lowest BCUT2D eigenvalue weighted by atomic mass is 10.00. The fraction of sp³-hybridized carbons (Fsp3) is 0.300. The van der Waals surface area contributed by atoms with Crippen LogP contribution >= 0.6 is 0 Å². The summed E-state index contributed by atoms with van der Waals surface area (Å²) in [6.45, 7) is 2.23. The van der Waals surface area contributed by atoms with Crippen molar-refractivity contribution in [2.45, 2.75) is 38.5 Å². The Kier molecular flexibility index (Phi) is 4.05. The molecule has 1 atom stereocenters. The monoisotopic (exact) mass is 414 g/mol. The zero-order valence-corrected chi connectivity index (χ0v) is 15.9. The van der Waals surface area contributed by atoms with Crippen molar-refractivity contribution in [1.29, 1.82) is 0 Å². The summed E-state index contributed by atoms with van der Waals surface area (Å²) in [5.41, 5.74) is 0.520. The van der Waals surface area contributed by atoms with E-state index in [0.717, 1.165) is 36.2 Å². The van der Waals surface area contributed by atoms with Crippen LogP contribution in [0.4, 0.5) is 13.2 Å². The maximum Gasteiger partial charge on any atom is 0.416 e. The molecule has 0 radical (unpaired) electrons. The normalized spacial score (nSPS) is 16.7. The first-order chi connectivity index (χ1) is 14.3. The molecular formula is C20H17F3N6O. The lowest BCUT2D eigenvalue weighted by Crippen LogP contribution is -2.23. The van der Waals surface area contributed by atoms with Gasteiger partial charge in [-0.25, -0.2) is 4.98 Å². The van der Waals surface area contributed by atoms with Crippen molar-refractivity contribution in [2.75, 3.05) is 0 Å².